The molecule has 0 aromatic carbocycles. The maximum absolute atomic E-state index is 12.2. The van der Waals surface area contributed by atoms with Crippen LogP contribution in [0.15, 0.2) is 11.2 Å². The molecule has 0 unspecified atom stereocenters. The Balaban J connectivity index is 1.89. The Hall–Kier alpha value is -1.21. The van der Waals surface area contributed by atoms with Gasteiger partial charge in [0.2, 0.25) is 0 Å². The summed E-state index contributed by atoms with van der Waals surface area (Å²) in [6, 6.07) is 1.72. The van der Waals surface area contributed by atoms with Crippen LogP contribution < -0.4 is 5.32 Å². The van der Waals surface area contributed by atoms with Crippen molar-refractivity contribution in [2.24, 2.45) is 5.92 Å². The van der Waals surface area contributed by atoms with Crippen LogP contribution in [0.4, 0.5) is 10.6 Å². The topological polar surface area (TPSA) is 67.4 Å². The third kappa shape index (κ3) is 6.02. The number of carbonyl (C=O) groups excluding carboxylic acids is 1. The van der Waals surface area contributed by atoms with E-state index in [1.54, 1.807) is 11.0 Å². The molecule has 1 amide bonds. The fourth-order valence-corrected chi connectivity index (χ4v) is 3.16. The predicted octanol–water partition coefficient (Wildman–Crippen LogP) is 3.91. The first-order chi connectivity index (χ1) is 11.3. The van der Waals surface area contributed by atoms with Gasteiger partial charge in [0, 0.05) is 25.7 Å². The summed E-state index contributed by atoms with van der Waals surface area (Å²) >= 11 is 7.45. The molecule has 2 heterocycles. The molecule has 1 fully saturated rings. The van der Waals surface area contributed by atoms with Crippen LogP contribution in [0.5, 0.6) is 0 Å². The summed E-state index contributed by atoms with van der Waals surface area (Å²) in [7, 11) is 0. The summed E-state index contributed by atoms with van der Waals surface area (Å²) in [5.41, 5.74) is -0.464. The summed E-state index contributed by atoms with van der Waals surface area (Å²) < 4.78 is 5.46. The van der Waals surface area contributed by atoms with Crippen molar-refractivity contribution in [2.45, 2.75) is 44.4 Å². The molecule has 1 saturated heterocycles. The van der Waals surface area contributed by atoms with Gasteiger partial charge in [-0.15, -0.1) is 0 Å². The lowest BCUT2D eigenvalue weighted by molar-refractivity contribution is 0.0172. The van der Waals surface area contributed by atoms with Crippen LogP contribution in [0.1, 0.15) is 33.6 Å². The van der Waals surface area contributed by atoms with Crippen molar-refractivity contribution in [3.63, 3.8) is 0 Å². The van der Waals surface area contributed by atoms with Crippen molar-refractivity contribution in [1.29, 1.82) is 0 Å². The molecule has 134 valence electrons. The second-order valence-electron chi connectivity index (χ2n) is 6.88. The number of carbonyl (C=O) groups is 1. The van der Waals surface area contributed by atoms with Crippen molar-refractivity contribution in [3.8, 4) is 0 Å². The van der Waals surface area contributed by atoms with E-state index in [9.17, 15) is 4.79 Å². The summed E-state index contributed by atoms with van der Waals surface area (Å²) in [5.74, 6) is 1.08. The number of likely N-dealkylation sites (tertiary alicyclic amines) is 1. The molecule has 1 N–H and O–H groups in total. The van der Waals surface area contributed by atoms with Crippen molar-refractivity contribution in [1.82, 2.24) is 14.9 Å². The highest BCUT2D eigenvalue weighted by molar-refractivity contribution is 7.98. The second-order valence-corrected chi connectivity index (χ2v) is 8.04. The molecule has 1 aliphatic rings. The number of rotatable bonds is 4. The maximum Gasteiger partial charge on any atom is 0.410 e. The minimum atomic E-state index is -0.464. The molecule has 8 heteroatoms. The Labute approximate surface area is 152 Å². The molecule has 0 radical (unpaired) electrons. The molecule has 0 spiro atoms. The fourth-order valence-electron chi connectivity index (χ4n) is 2.55. The van der Waals surface area contributed by atoms with E-state index in [1.807, 2.05) is 27.0 Å². The Morgan fingerprint density at radius 3 is 2.92 bits per heavy atom. The second kappa shape index (κ2) is 8.25. The third-order valence-electron chi connectivity index (χ3n) is 3.60. The highest BCUT2D eigenvalue weighted by atomic mass is 35.5. The number of anilines is 1. The molecule has 1 aromatic rings. The summed E-state index contributed by atoms with van der Waals surface area (Å²) in [6.07, 6.45) is 3.73. The average molecular weight is 373 g/mol. The minimum absolute atomic E-state index is 0.234. The minimum Gasteiger partial charge on any atom is -0.444 e. The van der Waals surface area contributed by atoms with E-state index in [-0.39, 0.29) is 6.09 Å². The molecule has 0 bridgehead atoms. The highest BCUT2D eigenvalue weighted by Crippen LogP contribution is 2.21. The van der Waals surface area contributed by atoms with Crippen molar-refractivity contribution in [2.75, 3.05) is 31.2 Å². The monoisotopic (exact) mass is 372 g/mol. The Morgan fingerprint density at radius 2 is 2.25 bits per heavy atom. The van der Waals surface area contributed by atoms with Gasteiger partial charge >= 0.3 is 6.09 Å². The quantitative estimate of drug-likeness (QED) is 0.491. The van der Waals surface area contributed by atoms with Gasteiger partial charge in [-0.2, -0.15) is 0 Å². The summed E-state index contributed by atoms with van der Waals surface area (Å²) in [6.45, 7) is 7.83. The summed E-state index contributed by atoms with van der Waals surface area (Å²) in [4.78, 5) is 22.5. The molecule has 6 nitrogen and oxygen atoms in total. The van der Waals surface area contributed by atoms with Gasteiger partial charge in [-0.3, -0.25) is 0 Å². The number of nitrogens with one attached hydrogen (secondary N) is 1. The van der Waals surface area contributed by atoms with Crippen molar-refractivity contribution >= 4 is 35.3 Å². The number of amides is 1. The predicted molar refractivity (Wildman–Crippen MR) is 97.8 cm³/mol. The normalized spacial score (nSPS) is 18.4. The lowest BCUT2D eigenvalue weighted by Crippen LogP contribution is -2.44. The molecular weight excluding hydrogens is 348 g/mol. The maximum atomic E-state index is 12.2. The van der Waals surface area contributed by atoms with Crippen LogP contribution in [0.25, 0.3) is 0 Å². The van der Waals surface area contributed by atoms with Crippen LogP contribution >= 0.6 is 23.4 Å². The lowest BCUT2D eigenvalue weighted by Gasteiger charge is -2.34. The van der Waals surface area contributed by atoms with E-state index in [4.69, 9.17) is 16.3 Å². The smallest absolute Gasteiger partial charge is 0.410 e. The molecule has 0 saturated carbocycles. The third-order valence-corrected chi connectivity index (χ3v) is 4.34. The van der Waals surface area contributed by atoms with Gasteiger partial charge < -0.3 is 15.0 Å². The molecule has 1 aliphatic heterocycles. The molecule has 1 aromatic heterocycles. The van der Waals surface area contributed by atoms with E-state index in [0.29, 0.717) is 28.6 Å². The van der Waals surface area contributed by atoms with Gasteiger partial charge in [0.15, 0.2) is 5.16 Å². The standard InChI is InChI=1S/C16H25ClN4O2S/c1-16(2,3)23-15(22)21-7-5-6-11(10-21)9-18-13-8-12(17)19-14(20-13)24-4/h8,11H,5-7,9-10H2,1-4H3,(H,18,19,20)/t11-/m0/s1. The van der Waals surface area contributed by atoms with Gasteiger partial charge in [-0.25, -0.2) is 14.8 Å². The zero-order chi connectivity index (χ0) is 17.7. The van der Waals surface area contributed by atoms with E-state index >= 15 is 0 Å². The van der Waals surface area contributed by atoms with E-state index in [2.05, 4.69) is 15.3 Å². The van der Waals surface area contributed by atoms with Crippen LogP contribution in [0.3, 0.4) is 0 Å². The molecule has 1 atom stereocenters. The zero-order valence-electron chi connectivity index (χ0n) is 14.6. The first-order valence-corrected chi connectivity index (χ1v) is 9.67. The first kappa shape index (κ1) is 19.1. The van der Waals surface area contributed by atoms with Crippen LogP contribution in [-0.2, 0) is 4.74 Å². The van der Waals surface area contributed by atoms with Gasteiger partial charge in [0.05, 0.1) is 0 Å². The number of hydrogen-bond acceptors (Lipinski definition) is 6. The highest BCUT2D eigenvalue weighted by Gasteiger charge is 2.27. The average Bonchev–Trinajstić information content (AvgIpc) is 2.51. The number of aromatic nitrogens is 2. The SMILES string of the molecule is CSc1nc(Cl)cc(NC[C@@H]2CCCN(C(=O)OC(C)(C)C)C2)n1. The number of piperidine rings is 1. The first-order valence-electron chi connectivity index (χ1n) is 8.07. The zero-order valence-corrected chi connectivity index (χ0v) is 16.2. The van der Waals surface area contributed by atoms with Crippen LogP contribution in [-0.4, -0.2) is 52.5 Å². The van der Waals surface area contributed by atoms with Gasteiger partial charge in [-0.05, 0) is 45.8 Å². The fraction of sp³-hybridized carbons (Fsp3) is 0.688. The van der Waals surface area contributed by atoms with Gasteiger partial charge in [0.1, 0.15) is 16.6 Å². The number of hydrogen-bond donors (Lipinski definition) is 1. The molecule has 2 rings (SSSR count). The Kier molecular flexibility index (Phi) is 6.57. The largest absolute Gasteiger partial charge is 0.444 e. The Morgan fingerprint density at radius 1 is 1.50 bits per heavy atom. The van der Waals surface area contributed by atoms with Crippen molar-refractivity contribution in [3.05, 3.63) is 11.2 Å². The number of ether oxygens (including phenoxy) is 1. The number of halogens is 1. The van der Waals surface area contributed by atoms with Crippen LogP contribution in [0.2, 0.25) is 5.15 Å². The van der Waals surface area contributed by atoms with E-state index < -0.39 is 5.60 Å². The molecular formula is C16H25ClN4O2S. The summed E-state index contributed by atoms with van der Waals surface area (Å²) in [5, 5.41) is 4.38. The van der Waals surface area contributed by atoms with E-state index in [1.165, 1.54) is 11.8 Å². The number of thioether (sulfide) groups is 1. The Bertz CT molecular complexity index is 580. The van der Waals surface area contributed by atoms with Gasteiger partial charge in [0.25, 0.3) is 0 Å². The lowest BCUT2D eigenvalue weighted by atomic mass is 9.98. The molecule has 0 aliphatic carbocycles. The molecule has 24 heavy (non-hydrogen) atoms. The van der Waals surface area contributed by atoms with Crippen molar-refractivity contribution < 1.29 is 9.53 Å². The van der Waals surface area contributed by atoms with E-state index in [0.717, 1.165) is 25.9 Å². The van der Waals surface area contributed by atoms with Gasteiger partial charge in [-0.1, -0.05) is 23.4 Å². The number of nitrogens with zero attached hydrogens (tertiary/aromatic N) is 3. The van der Waals surface area contributed by atoms with Crippen LogP contribution in [0, 0.1) is 5.92 Å².